The number of hydrogen-bond acceptors (Lipinski definition) is 2. The molecule has 0 atom stereocenters. The number of benzene rings is 2. The lowest BCUT2D eigenvalue weighted by Crippen LogP contribution is -2.15. The van der Waals surface area contributed by atoms with Crippen molar-refractivity contribution >= 4 is 28.9 Å². The van der Waals surface area contributed by atoms with Crippen LogP contribution in [0.3, 0.4) is 0 Å². The van der Waals surface area contributed by atoms with Crippen LogP contribution in [0.25, 0.3) is 0 Å². The first-order valence-electron chi connectivity index (χ1n) is 5.29. The second kappa shape index (κ2) is 5.24. The Labute approximate surface area is 113 Å². The first kappa shape index (κ1) is 13.3. The highest BCUT2D eigenvalue weighted by atomic mass is 35.5. The van der Waals surface area contributed by atoms with Crippen molar-refractivity contribution in [3.8, 4) is 0 Å². The molecule has 1 amide bonds. The van der Waals surface area contributed by atoms with Gasteiger partial charge >= 0.3 is 0 Å². The quantitative estimate of drug-likeness (QED) is 0.829. The fraction of sp³-hybridized carbons (Fsp3) is 0. The fourth-order valence-corrected chi connectivity index (χ4v) is 1.70. The zero-order chi connectivity index (χ0) is 14.0. The number of rotatable bonds is 2. The summed E-state index contributed by atoms with van der Waals surface area (Å²) in [4.78, 5) is 11.8. The van der Waals surface area contributed by atoms with Crippen LogP contribution in [0.2, 0.25) is 5.02 Å². The van der Waals surface area contributed by atoms with Crippen LogP contribution >= 0.6 is 11.6 Å². The van der Waals surface area contributed by atoms with E-state index < -0.39 is 23.1 Å². The number of amides is 1. The van der Waals surface area contributed by atoms with Gasteiger partial charge in [-0.25, -0.2) is 8.78 Å². The maximum atomic E-state index is 13.4. The van der Waals surface area contributed by atoms with Gasteiger partial charge in [-0.1, -0.05) is 17.7 Å². The van der Waals surface area contributed by atoms with E-state index >= 15 is 0 Å². The molecule has 98 valence electrons. The van der Waals surface area contributed by atoms with Gasteiger partial charge in [0.25, 0.3) is 5.91 Å². The van der Waals surface area contributed by atoms with Gasteiger partial charge in [-0.2, -0.15) is 0 Å². The SMILES string of the molecule is Nc1cc(Cl)ccc1NC(=O)c1cccc(F)c1F. The predicted molar refractivity (Wildman–Crippen MR) is 70.2 cm³/mol. The van der Waals surface area contributed by atoms with Gasteiger partial charge in [-0.15, -0.1) is 0 Å². The van der Waals surface area contributed by atoms with Crippen LogP contribution in [0.1, 0.15) is 10.4 Å². The number of nitrogen functional groups attached to an aromatic ring is 1. The summed E-state index contributed by atoms with van der Waals surface area (Å²) in [5.41, 5.74) is 5.76. The molecule has 3 N–H and O–H groups in total. The van der Waals surface area contributed by atoms with Crippen molar-refractivity contribution < 1.29 is 13.6 Å². The van der Waals surface area contributed by atoms with Crippen LogP contribution in [-0.4, -0.2) is 5.91 Å². The van der Waals surface area contributed by atoms with Gasteiger partial charge in [0.1, 0.15) is 0 Å². The summed E-state index contributed by atoms with van der Waals surface area (Å²) < 4.78 is 26.4. The number of carbonyl (C=O) groups is 1. The number of nitrogens with two attached hydrogens (primary N) is 1. The maximum Gasteiger partial charge on any atom is 0.258 e. The smallest absolute Gasteiger partial charge is 0.258 e. The Balaban J connectivity index is 2.28. The van der Waals surface area contributed by atoms with E-state index in [1.807, 2.05) is 0 Å². The van der Waals surface area contributed by atoms with Gasteiger partial charge in [0.2, 0.25) is 0 Å². The molecular weight excluding hydrogens is 274 g/mol. The highest BCUT2D eigenvalue weighted by Crippen LogP contribution is 2.23. The first-order valence-corrected chi connectivity index (χ1v) is 5.67. The Kier molecular flexibility index (Phi) is 3.66. The lowest BCUT2D eigenvalue weighted by molar-refractivity contribution is 0.102. The van der Waals surface area contributed by atoms with Crippen LogP contribution in [0, 0.1) is 11.6 Å². The average molecular weight is 283 g/mol. The highest BCUT2D eigenvalue weighted by Gasteiger charge is 2.15. The molecule has 0 aromatic heterocycles. The molecule has 2 rings (SSSR count). The van der Waals surface area contributed by atoms with Crippen LogP contribution < -0.4 is 11.1 Å². The van der Waals surface area contributed by atoms with Gasteiger partial charge in [0, 0.05) is 5.02 Å². The minimum atomic E-state index is -1.20. The zero-order valence-electron chi connectivity index (χ0n) is 9.58. The van der Waals surface area contributed by atoms with E-state index in [9.17, 15) is 13.6 Å². The van der Waals surface area contributed by atoms with Crippen LogP contribution in [0.15, 0.2) is 36.4 Å². The van der Waals surface area contributed by atoms with E-state index in [4.69, 9.17) is 17.3 Å². The minimum absolute atomic E-state index is 0.234. The third-order valence-corrected chi connectivity index (χ3v) is 2.69. The van der Waals surface area contributed by atoms with E-state index in [1.165, 1.54) is 30.3 Å². The van der Waals surface area contributed by atoms with Crippen molar-refractivity contribution in [2.75, 3.05) is 11.1 Å². The molecule has 0 saturated carbocycles. The maximum absolute atomic E-state index is 13.4. The molecule has 0 aliphatic heterocycles. The molecular formula is C13H9ClF2N2O. The number of carbonyl (C=O) groups excluding carboxylic acids is 1. The van der Waals surface area contributed by atoms with E-state index in [0.29, 0.717) is 5.02 Å². The van der Waals surface area contributed by atoms with E-state index in [1.54, 1.807) is 0 Å². The second-order valence-electron chi connectivity index (χ2n) is 3.79. The van der Waals surface area contributed by atoms with Gasteiger partial charge in [0.15, 0.2) is 11.6 Å². The van der Waals surface area contributed by atoms with Gasteiger partial charge in [-0.05, 0) is 30.3 Å². The number of halogens is 3. The van der Waals surface area contributed by atoms with E-state index in [-0.39, 0.29) is 11.4 Å². The molecule has 0 heterocycles. The molecule has 0 unspecified atom stereocenters. The van der Waals surface area contributed by atoms with E-state index in [0.717, 1.165) is 6.07 Å². The topological polar surface area (TPSA) is 55.1 Å². The highest BCUT2D eigenvalue weighted by molar-refractivity contribution is 6.31. The number of hydrogen-bond donors (Lipinski definition) is 2. The molecule has 0 spiro atoms. The second-order valence-corrected chi connectivity index (χ2v) is 4.22. The monoisotopic (exact) mass is 282 g/mol. The van der Waals surface area contributed by atoms with Crippen molar-refractivity contribution in [2.24, 2.45) is 0 Å². The summed E-state index contributed by atoms with van der Waals surface area (Å²) in [7, 11) is 0. The van der Waals surface area contributed by atoms with Crippen molar-refractivity contribution in [3.63, 3.8) is 0 Å². The fourth-order valence-electron chi connectivity index (χ4n) is 1.52. The molecule has 3 nitrogen and oxygen atoms in total. The summed E-state index contributed by atoms with van der Waals surface area (Å²) in [5.74, 6) is -3.07. The molecule has 0 aliphatic rings. The normalized spacial score (nSPS) is 10.3. The molecule has 19 heavy (non-hydrogen) atoms. The van der Waals surface area contributed by atoms with Crippen LogP contribution in [0.5, 0.6) is 0 Å². The third kappa shape index (κ3) is 2.82. The third-order valence-electron chi connectivity index (χ3n) is 2.46. The minimum Gasteiger partial charge on any atom is -0.397 e. The summed E-state index contributed by atoms with van der Waals surface area (Å²) in [5, 5.41) is 2.80. The molecule has 2 aromatic rings. The van der Waals surface area contributed by atoms with Gasteiger partial charge < -0.3 is 11.1 Å². The molecule has 6 heteroatoms. The van der Waals surface area contributed by atoms with Gasteiger partial charge in [-0.3, -0.25) is 4.79 Å². The molecule has 0 saturated heterocycles. The average Bonchev–Trinajstić information content (AvgIpc) is 2.36. The standard InChI is InChI=1S/C13H9ClF2N2O/c14-7-4-5-11(10(17)6-7)18-13(19)8-2-1-3-9(15)12(8)16/h1-6H,17H2,(H,18,19). The molecule has 0 bridgehead atoms. The molecule has 0 radical (unpaired) electrons. The largest absolute Gasteiger partial charge is 0.397 e. The summed E-state index contributed by atoms with van der Waals surface area (Å²) in [6, 6.07) is 7.81. The molecule has 0 fully saturated rings. The number of anilines is 2. The Hall–Kier alpha value is -2.14. The van der Waals surface area contributed by atoms with Gasteiger partial charge in [0.05, 0.1) is 16.9 Å². The van der Waals surface area contributed by atoms with Crippen molar-refractivity contribution in [3.05, 3.63) is 58.6 Å². The van der Waals surface area contributed by atoms with Crippen molar-refractivity contribution in [1.82, 2.24) is 0 Å². The summed E-state index contributed by atoms with van der Waals surface area (Å²) in [6.07, 6.45) is 0. The molecule has 0 aliphatic carbocycles. The predicted octanol–water partition coefficient (Wildman–Crippen LogP) is 3.45. The summed E-state index contributed by atoms with van der Waals surface area (Å²) >= 11 is 5.71. The Morgan fingerprint density at radius 1 is 1.21 bits per heavy atom. The first-order chi connectivity index (χ1) is 8.99. The zero-order valence-corrected chi connectivity index (χ0v) is 10.3. The Bertz CT molecular complexity index is 647. The van der Waals surface area contributed by atoms with Crippen molar-refractivity contribution in [1.29, 1.82) is 0 Å². The Morgan fingerprint density at radius 3 is 2.63 bits per heavy atom. The number of nitrogens with one attached hydrogen (secondary N) is 1. The lowest BCUT2D eigenvalue weighted by Gasteiger charge is -2.09. The lowest BCUT2D eigenvalue weighted by atomic mass is 10.2. The van der Waals surface area contributed by atoms with Crippen LogP contribution in [0.4, 0.5) is 20.2 Å². The molecule has 2 aromatic carbocycles. The van der Waals surface area contributed by atoms with Crippen molar-refractivity contribution in [2.45, 2.75) is 0 Å². The summed E-state index contributed by atoms with van der Waals surface area (Å²) in [6.45, 7) is 0. The van der Waals surface area contributed by atoms with E-state index in [2.05, 4.69) is 5.32 Å². The Morgan fingerprint density at radius 2 is 1.95 bits per heavy atom. The van der Waals surface area contributed by atoms with Crippen LogP contribution in [-0.2, 0) is 0 Å².